The highest BCUT2D eigenvalue weighted by molar-refractivity contribution is 5.95. The van der Waals surface area contributed by atoms with E-state index in [1.807, 2.05) is 12.1 Å². The molecule has 0 aliphatic carbocycles. The summed E-state index contributed by atoms with van der Waals surface area (Å²) < 4.78 is 4.97. The van der Waals surface area contributed by atoms with Gasteiger partial charge >= 0.3 is 12.0 Å². The Morgan fingerprint density at radius 2 is 1.83 bits per heavy atom. The summed E-state index contributed by atoms with van der Waals surface area (Å²) in [5.74, 6) is -0.351. The number of carbonyl (C=O) groups excluding carboxylic acids is 2. The molecule has 0 unspecified atom stereocenters. The van der Waals surface area contributed by atoms with E-state index in [9.17, 15) is 9.59 Å². The third-order valence-corrected chi connectivity index (χ3v) is 3.91. The van der Waals surface area contributed by atoms with Crippen LogP contribution >= 0.6 is 0 Å². The van der Waals surface area contributed by atoms with Crippen molar-refractivity contribution in [2.24, 2.45) is 0 Å². The van der Waals surface area contributed by atoms with Gasteiger partial charge < -0.3 is 9.64 Å². The zero-order valence-corrected chi connectivity index (χ0v) is 13.5. The average Bonchev–Trinajstić information content (AvgIpc) is 2.97. The van der Waals surface area contributed by atoms with Crippen LogP contribution in [0.15, 0.2) is 48.8 Å². The molecule has 0 bridgehead atoms. The Kier molecular flexibility index (Phi) is 4.74. The Balaban J connectivity index is 1.67. The third kappa shape index (κ3) is 3.37. The van der Waals surface area contributed by atoms with Crippen molar-refractivity contribution in [3.8, 4) is 0 Å². The second kappa shape index (κ2) is 7.12. The third-order valence-electron chi connectivity index (χ3n) is 3.91. The zero-order valence-electron chi connectivity index (χ0n) is 13.5. The van der Waals surface area contributed by atoms with Gasteiger partial charge in [0, 0.05) is 37.7 Å². The highest BCUT2D eigenvalue weighted by atomic mass is 16.5. The minimum atomic E-state index is -0.351. The number of ether oxygens (including phenoxy) is 1. The van der Waals surface area contributed by atoms with Crippen molar-refractivity contribution in [3.63, 3.8) is 0 Å². The second-order valence-corrected chi connectivity index (χ2v) is 5.48. The van der Waals surface area contributed by atoms with Crippen molar-refractivity contribution < 1.29 is 14.3 Å². The lowest BCUT2D eigenvalue weighted by Crippen LogP contribution is -2.31. The lowest BCUT2D eigenvalue weighted by atomic mass is 10.2. The number of benzene rings is 1. The number of aromatic nitrogens is 1. The number of urea groups is 1. The normalized spacial score (nSPS) is 14.1. The first-order valence-corrected chi connectivity index (χ1v) is 7.91. The first-order valence-electron chi connectivity index (χ1n) is 7.91. The van der Waals surface area contributed by atoms with Crippen LogP contribution in [0.3, 0.4) is 0 Å². The van der Waals surface area contributed by atoms with Crippen LogP contribution in [0.4, 0.5) is 10.5 Å². The van der Waals surface area contributed by atoms with Crippen molar-refractivity contribution >= 4 is 17.7 Å². The molecular weight excluding hydrogens is 306 g/mol. The first kappa shape index (κ1) is 16.0. The van der Waals surface area contributed by atoms with Crippen LogP contribution in [0.5, 0.6) is 0 Å². The first-order chi connectivity index (χ1) is 11.7. The molecule has 2 heterocycles. The molecule has 1 aliphatic heterocycles. The molecule has 2 amide bonds. The molecule has 2 aromatic rings. The largest absolute Gasteiger partial charge is 0.462 e. The lowest BCUT2D eigenvalue weighted by molar-refractivity contribution is 0.0526. The van der Waals surface area contributed by atoms with Crippen molar-refractivity contribution in [1.29, 1.82) is 0 Å². The topological polar surface area (TPSA) is 62.7 Å². The number of anilines is 1. The fourth-order valence-electron chi connectivity index (χ4n) is 2.67. The van der Waals surface area contributed by atoms with Gasteiger partial charge in [-0.3, -0.25) is 9.88 Å². The van der Waals surface area contributed by atoms with Crippen molar-refractivity contribution in [1.82, 2.24) is 9.88 Å². The molecule has 0 saturated carbocycles. The highest BCUT2D eigenvalue weighted by Crippen LogP contribution is 2.22. The molecule has 1 saturated heterocycles. The van der Waals surface area contributed by atoms with Gasteiger partial charge in [-0.15, -0.1) is 0 Å². The molecule has 6 nitrogen and oxygen atoms in total. The number of hydrogen-bond donors (Lipinski definition) is 0. The Bertz CT molecular complexity index is 716. The van der Waals surface area contributed by atoms with Crippen LogP contribution in [0, 0.1) is 0 Å². The van der Waals surface area contributed by atoms with Crippen LogP contribution < -0.4 is 4.90 Å². The molecule has 0 atom stereocenters. The fraction of sp³-hybridized carbons (Fsp3) is 0.278. The number of nitrogens with zero attached hydrogens (tertiary/aromatic N) is 3. The van der Waals surface area contributed by atoms with Crippen LogP contribution in [-0.2, 0) is 11.3 Å². The summed E-state index contributed by atoms with van der Waals surface area (Å²) in [6, 6.07) is 10.7. The van der Waals surface area contributed by atoms with E-state index in [2.05, 4.69) is 4.98 Å². The molecular formula is C18H19N3O3. The van der Waals surface area contributed by atoms with Gasteiger partial charge in [0.25, 0.3) is 0 Å². The van der Waals surface area contributed by atoms with Crippen LogP contribution in [0.25, 0.3) is 0 Å². The van der Waals surface area contributed by atoms with Gasteiger partial charge in [0.2, 0.25) is 0 Å². The van der Waals surface area contributed by atoms with Gasteiger partial charge in [-0.25, -0.2) is 9.59 Å². The van der Waals surface area contributed by atoms with Crippen molar-refractivity contribution in [2.75, 3.05) is 24.6 Å². The summed E-state index contributed by atoms with van der Waals surface area (Å²) in [5.41, 5.74) is 2.32. The van der Waals surface area contributed by atoms with Crippen LogP contribution in [-0.4, -0.2) is 41.6 Å². The number of esters is 1. The van der Waals surface area contributed by atoms with Gasteiger partial charge in [0.1, 0.15) is 0 Å². The summed E-state index contributed by atoms with van der Waals surface area (Å²) in [6.07, 6.45) is 3.45. The predicted molar refractivity (Wildman–Crippen MR) is 89.8 cm³/mol. The minimum Gasteiger partial charge on any atom is -0.462 e. The van der Waals surface area contributed by atoms with Gasteiger partial charge in [0.05, 0.1) is 12.2 Å². The quantitative estimate of drug-likeness (QED) is 0.793. The Hall–Kier alpha value is -2.89. The van der Waals surface area contributed by atoms with E-state index in [0.29, 0.717) is 31.8 Å². The van der Waals surface area contributed by atoms with E-state index >= 15 is 0 Å². The Morgan fingerprint density at radius 3 is 2.50 bits per heavy atom. The molecule has 1 aromatic heterocycles. The van der Waals surface area contributed by atoms with E-state index in [4.69, 9.17) is 4.74 Å². The van der Waals surface area contributed by atoms with Crippen LogP contribution in [0.1, 0.15) is 22.8 Å². The highest BCUT2D eigenvalue weighted by Gasteiger charge is 2.29. The summed E-state index contributed by atoms with van der Waals surface area (Å²) in [4.78, 5) is 31.8. The van der Waals surface area contributed by atoms with E-state index in [1.165, 1.54) is 0 Å². The van der Waals surface area contributed by atoms with Crippen molar-refractivity contribution in [2.45, 2.75) is 13.5 Å². The summed E-state index contributed by atoms with van der Waals surface area (Å²) in [6.45, 7) is 3.98. The lowest BCUT2D eigenvalue weighted by Gasteiger charge is -2.19. The van der Waals surface area contributed by atoms with E-state index < -0.39 is 0 Å². The molecule has 3 rings (SSSR count). The number of amides is 2. The minimum absolute atomic E-state index is 0.0318. The molecule has 0 spiro atoms. The molecule has 24 heavy (non-hydrogen) atoms. The van der Waals surface area contributed by atoms with Crippen molar-refractivity contribution in [3.05, 3.63) is 59.9 Å². The predicted octanol–water partition coefficient (Wildman–Crippen LogP) is 2.70. The summed E-state index contributed by atoms with van der Waals surface area (Å²) in [5, 5.41) is 0. The van der Waals surface area contributed by atoms with Gasteiger partial charge in [-0.05, 0) is 48.9 Å². The van der Waals surface area contributed by atoms with Gasteiger partial charge in [0.15, 0.2) is 0 Å². The standard InChI is InChI=1S/C18H19N3O3/c1-2-24-17(22)15-3-5-16(6-4-15)21-12-11-20(18(21)23)13-14-7-9-19-10-8-14/h3-10H,2,11-13H2,1H3. The summed E-state index contributed by atoms with van der Waals surface area (Å²) in [7, 11) is 0. The maximum absolute atomic E-state index is 12.6. The molecule has 6 heteroatoms. The Morgan fingerprint density at radius 1 is 1.12 bits per heavy atom. The van der Waals surface area contributed by atoms with Gasteiger partial charge in [-0.1, -0.05) is 0 Å². The van der Waals surface area contributed by atoms with E-state index in [-0.39, 0.29) is 12.0 Å². The summed E-state index contributed by atoms with van der Waals surface area (Å²) >= 11 is 0. The van der Waals surface area contributed by atoms with E-state index in [1.54, 1.807) is 53.4 Å². The molecule has 1 fully saturated rings. The second-order valence-electron chi connectivity index (χ2n) is 5.48. The molecule has 124 valence electrons. The average molecular weight is 325 g/mol. The molecule has 0 radical (unpaired) electrons. The number of hydrogen-bond acceptors (Lipinski definition) is 4. The molecule has 0 N–H and O–H groups in total. The maximum Gasteiger partial charge on any atom is 0.338 e. The van der Waals surface area contributed by atoms with Gasteiger partial charge in [-0.2, -0.15) is 0 Å². The number of rotatable bonds is 5. The van der Waals surface area contributed by atoms with E-state index in [0.717, 1.165) is 11.3 Å². The SMILES string of the molecule is CCOC(=O)c1ccc(N2CCN(Cc3ccncc3)C2=O)cc1. The zero-order chi connectivity index (χ0) is 16.9. The monoisotopic (exact) mass is 325 g/mol. The smallest absolute Gasteiger partial charge is 0.338 e. The number of carbonyl (C=O) groups is 2. The Labute approximate surface area is 140 Å². The maximum atomic E-state index is 12.6. The fourth-order valence-corrected chi connectivity index (χ4v) is 2.67. The van der Waals surface area contributed by atoms with Crippen LogP contribution in [0.2, 0.25) is 0 Å². The molecule has 1 aromatic carbocycles. The molecule has 1 aliphatic rings. The number of pyridine rings is 1.